The molecule has 0 radical (unpaired) electrons. The molecule has 2 aromatic carbocycles. The van der Waals surface area contributed by atoms with Crippen molar-refractivity contribution in [1.82, 2.24) is 0 Å². The van der Waals surface area contributed by atoms with Gasteiger partial charge >= 0.3 is 18.0 Å². The lowest BCUT2D eigenvalue weighted by Gasteiger charge is -2.36. The third kappa shape index (κ3) is 5.30. The molecule has 0 fully saturated rings. The van der Waals surface area contributed by atoms with Gasteiger partial charge in [-0.05, 0) is 31.0 Å². The molecule has 0 aliphatic carbocycles. The van der Waals surface area contributed by atoms with Crippen LogP contribution in [0.25, 0.3) is 0 Å². The molecule has 34 heavy (non-hydrogen) atoms. The van der Waals surface area contributed by atoms with Crippen molar-refractivity contribution >= 4 is 27.4 Å². The van der Waals surface area contributed by atoms with E-state index in [0.717, 1.165) is 26.0 Å². The van der Waals surface area contributed by atoms with E-state index in [0.29, 0.717) is 12.1 Å². The standard InChI is InChI=1S/C19H16F6N2O6S/c1-10-7-13(17(18(20,21)22,19(23,24)25)33-34(3,31)32)8-11(2)15(10)26-16(28)12-5-4-6-14(9-12)27(29)30/h4-9H,1-3H3,(H,26,28). The molecule has 0 saturated heterocycles. The Labute approximate surface area is 188 Å². The van der Waals surface area contributed by atoms with E-state index in [1.165, 1.54) is 12.1 Å². The van der Waals surface area contributed by atoms with E-state index in [1.54, 1.807) is 0 Å². The number of rotatable bonds is 6. The maximum absolute atomic E-state index is 13.8. The summed E-state index contributed by atoms with van der Waals surface area (Å²) in [7, 11) is -5.26. The maximum Gasteiger partial charge on any atom is 0.432 e. The Morgan fingerprint density at radius 1 is 1.00 bits per heavy atom. The first-order valence-electron chi connectivity index (χ1n) is 9.02. The number of nitrogens with one attached hydrogen (secondary N) is 1. The molecule has 2 rings (SSSR count). The zero-order valence-corrected chi connectivity index (χ0v) is 18.4. The average molecular weight is 514 g/mol. The molecule has 0 aliphatic rings. The predicted molar refractivity (Wildman–Crippen MR) is 107 cm³/mol. The second-order valence-electron chi connectivity index (χ2n) is 7.21. The number of aryl methyl sites for hydroxylation is 2. The number of carbonyl (C=O) groups excluding carboxylic acids is 1. The molecule has 0 aliphatic heterocycles. The molecular formula is C19H16F6N2O6S. The number of halogens is 6. The van der Waals surface area contributed by atoms with Crippen LogP contribution < -0.4 is 5.32 Å². The summed E-state index contributed by atoms with van der Waals surface area (Å²) in [4.78, 5) is 22.6. The van der Waals surface area contributed by atoms with Crippen LogP contribution in [0.2, 0.25) is 0 Å². The minimum absolute atomic E-state index is 0.0482. The number of carbonyl (C=O) groups is 1. The van der Waals surface area contributed by atoms with Crippen molar-refractivity contribution < 1.29 is 48.7 Å². The number of hydrogen-bond acceptors (Lipinski definition) is 6. The Bertz CT molecular complexity index is 1200. The van der Waals surface area contributed by atoms with Gasteiger partial charge in [-0.3, -0.25) is 14.9 Å². The third-order valence-electron chi connectivity index (χ3n) is 4.57. The minimum Gasteiger partial charge on any atom is -0.321 e. The van der Waals surface area contributed by atoms with E-state index in [9.17, 15) is 49.7 Å². The van der Waals surface area contributed by atoms with Gasteiger partial charge in [0.1, 0.15) is 0 Å². The van der Waals surface area contributed by atoms with E-state index in [4.69, 9.17) is 0 Å². The molecule has 186 valence electrons. The number of nitrogens with zero attached hydrogens (tertiary/aromatic N) is 1. The van der Waals surface area contributed by atoms with Crippen LogP contribution in [0.5, 0.6) is 0 Å². The molecule has 0 unspecified atom stereocenters. The fraction of sp³-hybridized carbons (Fsp3) is 0.316. The highest BCUT2D eigenvalue weighted by molar-refractivity contribution is 7.86. The van der Waals surface area contributed by atoms with Crippen molar-refractivity contribution in [3.8, 4) is 0 Å². The van der Waals surface area contributed by atoms with Crippen molar-refractivity contribution in [2.75, 3.05) is 11.6 Å². The summed E-state index contributed by atoms with van der Waals surface area (Å²) >= 11 is 0. The van der Waals surface area contributed by atoms with Gasteiger partial charge in [-0.2, -0.15) is 34.8 Å². The average Bonchev–Trinajstić information content (AvgIpc) is 2.66. The number of anilines is 1. The van der Waals surface area contributed by atoms with Crippen LogP contribution >= 0.6 is 0 Å². The van der Waals surface area contributed by atoms with E-state index in [1.807, 2.05) is 0 Å². The van der Waals surface area contributed by atoms with E-state index < -0.39 is 50.2 Å². The van der Waals surface area contributed by atoms with Crippen LogP contribution in [-0.4, -0.2) is 37.9 Å². The highest BCUT2D eigenvalue weighted by Gasteiger charge is 2.75. The lowest BCUT2D eigenvalue weighted by atomic mass is 9.89. The molecule has 1 N–H and O–H groups in total. The van der Waals surface area contributed by atoms with Crippen LogP contribution in [0, 0.1) is 24.0 Å². The lowest BCUT2D eigenvalue weighted by Crippen LogP contribution is -2.56. The fourth-order valence-corrected chi connectivity index (χ4v) is 3.91. The lowest BCUT2D eigenvalue weighted by molar-refractivity contribution is -0.384. The Kier molecular flexibility index (Phi) is 7.05. The number of alkyl halides is 6. The van der Waals surface area contributed by atoms with Crippen molar-refractivity contribution in [1.29, 1.82) is 0 Å². The molecule has 0 saturated carbocycles. The molecule has 0 heterocycles. The van der Waals surface area contributed by atoms with Crippen LogP contribution in [0.1, 0.15) is 27.0 Å². The quantitative estimate of drug-likeness (QED) is 0.257. The first kappa shape index (κ1) is 27.0. The molecule has 8 nitrogen and oxygen atoms in total. The summed E-state index contributed by atoms with van der Waals surface area (Å²) in [6, 6.07) is 5.23. The predicted octanol–water partition coefficient (Wildman–Crippen LogP) is 4.76. The van der Waals surface area contributed by atoms with Crippen LogP contribution in [0.15, 0.2) is 36.4 Å². The maximum atomic E-state index is 13.8. The number of nitro benzene ring substituents is 1. The summed E-state index contributed by atoms with van der Waals surface area (Å²) in [5.41, 5.74) is -8.15. The topological polar surface area (TPSA) is 116 Å². The molecule has 15 heteroatoms. The summed E-state index contributed by atoms with van der Waals surface area (Å²) in [6.07, 6.45) is -12.4. The van der Waals surface area contributed by atoms with Crippen LogP contribution in [0.3, 0.4) is 0 Å². The van der Waals surface area contributed by atoms with Gasteiger partial charge in [0, 0.05) is 28.9 Å². The van der Waals surface area contributed by atoms with Gasteiger partial charge in [0.2, 0.25) is 0 Å². The summed E-state index contributed by atoms with van der Waals surface area (Å²) in [6.45, 7) is 2.16. The summed E-state index contributed by atoms with van der Waals surface area (Å²) < 4.78 is 109. The van der Waals surface area contributed by atoms with Crippen molar-refractivity contribution in [2.45, 2.75) is 31.8 Å². The molecule has 0 atom stereocenters. The second kappa shape index (κ2) is 8.87. The normalized spacial score (nSPS) is 13.0. The monoisotopic (exact) mass is 514 g/mol. The largest absolute Gasteiger partial charge is 0.432 e. The highest BCUT2D eigenvalue weighted by Crippen LogP contribution is 2.54. The van der Waals surface area contributed by atoms with Gasteiger partial charge in [-0.15, -0.1) is 0 Å². The first-order chi connectivity index (χ1) is 15.3. The van der Waals surface area contributed by atoms with Gasteiger partial charge in [0.15, 0.2) is 0 Å². The van der Waals surface area contributed by atoms with Gasteiger partial charge in [-0.1, -0.05) is 18.2 Å². The number of amides is 1. The van der Waals surface area contributed by atoms with E-state index in [-0.39, 0.29) is 28.6 Å². The summed E-state index contributed by atoms with van der Waals surface area (Å²) in [5.74, 6) is -0.923. The smallest absolute Gasteiger partial charge is 0.321 e. The van der Waals surface area contributed by atoms with Gasteiger partial charge in [0.25, 0.3) is 21.7 Å². The zero-order valence-electron chi connectivity index (χ0n) is 17.5. The fourth-order valence-electron chi connectivity index (χ4n) is 3.17. The number of benzene rings is 2. The molecule has 2 aromatic rings. The van der Waals surface area contributed by atoms with Gasteiger partial charge < -0.3 is 5.32 Å². The van der Waals surface area contributed by atoms with Crippen molar-refractivity contribution in [3.05, 3.63) is 68.8 Å². The first-order valence-corrected chi connectivity index (χ1v) is 10.8. The van der Waals surface area contributed by atoms with E-state index in [2.05, 4.69) is 9.50 Å². The Morgan fingerprint density at radius 3 is 1.91 bits per heavy atom. The summed E-state index contributed by atoms with van der Waals surface area (Å²) in [5, 5.41) is 13.2. The highest BCUT2D eigenvalue weighted by atomic mass is 32.2. The van der Waals surface area contributed by atoms with E-state index >= 15 is 0 Å². The number of non-ortho nitro benzene ring substituents is 1. The minimum atomic E-state index is -6.24. The molecular weight excluding hydrogens is 498 g/mol. The van der Waals surface area contributed by atoms with Crippen molar-refractivity contribution in [3.63, 3.8) is 0 Å². The molecule has 0 aromatic heterocycles. The SMILES string of the molecule is Cc1cc(C(OS(C)(=O)=O)(C(F)(F)F)C(F)(F)F)cc(C)c1NC(=O)c1cccc([N+](=O)[O-])c1. The number of nitro groups is 1. The van der Waals surface area contributed by atoms with Crippen LogP contribution in [0.4, 0.5) is 37.7 Å². The number of hydrogen-bond donors (Lipinski definition) is 1. The van der Waals surface area contributed by atoms with Crippen LogP contribution in [-0.2, 0) is 19.9 Å². The Morgan fingerprint density at radius 2 is 1.50 bits per heavy atom. The molecule has 0 spiro atoms. The van der Waals surface area contributed by atoms with Crippen molar-refractivity contribution in [2.24, 2.45) is 0 Å². The van der Waals surface area contributed by atoms with Gasteiger partial charge in [0.05, 0.1) is 11.2 Å². The Hall–Kier alpha value is -3.20. The Balaban J connectivity index is 2.63. The third-order valence-corrected chi connectivity index (χ3v) is 5.12. The molecule has 1 amide bonds. The molecule has 0 bridgehead atoms. The van der Waals surface area contributed by atoms with Gasteiger partial charge in [-0.25, -0.2) is 4.18 Å². The zero-order chi connectivity index (χ0) is 26.3. The second-order valence-corrected chi connectivity index (χ2v) is 8.79.